The number of hydrogen-bond donors (Lipinski definition) is 1. The highest BCUT2D eigenvalue weighted by Gasteiger charge is 2.48. The average molecular weight is 377 g/mol. The number of esters is 1. The smallest absolute Gasteiger partial charge is 0.310 e. The third kappa shape index (κ3) is 2.80. The van der Waals surface area contributed by atoms with Gasteiger partial charge in [-0.2, -0.15) is 0 Å². The first-order chi connectivity index (χ1) is 9.19. The van der Waals surface area contributed by atoms with Crippen molar-refractivity contribution in [2.75, 3.05) is 7.11 Å². The first-order valence-corrected chi connectivity index (χ1v) is 8.91. The fourth-order valence-electron chi connectivity index (χ4n) is 4.56. The average Bonchev–Trinajstić information content (AvgIpc) is 2.80. The van der Waals surface area contributed by atoms with Crippen LogP contribution in [0.4, 0.5) is 0 Å². The predicted molar refractivity (Wildman–Crippen MR) is 83.3 cm³/mol. The minimum Gasteiger partial charge on any atom is -0.469 e. The summed E-state index contributed by atoms with van der Waals surface area (Å²) in [5.74, 6) is 1.45. The van der Waals surface area contributed by atoms with Crippen LogP contribution in [0.3, 0.4) is 0 Å². The second-order valence-electron chi connectivity index (χ2n) is 6.51. The van der Waals surface area contributed by atoms with Crippen LogP contribution in [0.2, 0.25) is 0 Å². The lowest BCUT2D eigenvalue weighted by atomic mass is 9.69. The maximum absolute atomic E-state index is 12.2. The number of nitrogens with one attached hydrogen (secondary N) is 1. The first-order valence-electron chi connectivity index (χ1n) is 7.67. The fourth-order valence-corrected chi connectivity index (χ4v) is 5.28. The van der Waals surface area contributed by atoms with Crippen molar-refractivity contribution >= 4 is 28.6 Å². The molecule has 0 amide bonds. The lowest BCUT2D eigenvalue weighted by Gasteiger charge is -2.42. The Balaban J connectivity index is 1.75. The highest BCUT2D eigenvalue weighted by Crippen LogP contribution is 2.45. The van der Waals surface area contributed by atoms with E-state index in [1.165, 1.54) is 38.5 Å². The molecule has 3 rings (SSSR count). The monoisotopic (exact) mass is 377 g/mol. The largest absolute Gasteiger partial charge is 0.469 e. The van der Waals surface area contributed by atoms with E-state index in [1.54, 1.807) is 7.11 Å². The zero-order chi connectivity index (χ0) is 13.4. The Hall–Kier alpha value is 0.160. The fraction of sp³-hybridized carbons (Fsp3) is 0.933. The van der Waals surface area contributed by atoms with Gasteiger partial charge in [0.25, 0.3) is 0 Å². The second-order valence-corrected chi connectivity index (χ2v) is 8.27. The van der Waals surface area contributed by atoms with E-state index in [1.807, 2.05) is 0 Å². The zero-order valence-electron chi connectivity index (χ0n) is 11.6. The van der Waals surface area contributed by atoms with E-state index < -0.39 is 0 Å². The van der Waals surface area contributed by atoms with Gasteiger partial charge in [0.2, 0.25) is 0 Å². The van der Waals surface area contributed by atoms with Crippen molar-refractivity contribution in [1.29, 1.82) is 0 Å². The topological polar surface area (TPSA) is 38.3 Å². The maximum atomic E-state index is 12.2. The Kier molecular flexibility index (Phi) is 4.37. The van der Waals surface area contributed by atoms with Gasteiger partial charge in [-0.15, -0.1) is 0 Å². The van der Waals surface area contributed by atoms with Crippen LogP contribution >= 0.6 is 22.6 Å². The third-order valence-electron chi connectivity index (χ3n) is 5.51. The standard InChI is InChI=1S/C15H24INO2/c1-19-15(18)14-12(8-11-6-7-13(14)17-11)9-2-4-10(16)5-3-9/h9-14,17H,2-8H2,1H3/t9?,10?,11?,12-,13?,14+/m1/s1. The van der Waals surface area contributed by atoms with Crippen LogP contribution in [-0.4, -0.2) is 29.1 Å². The van der Waals surface area contributed by atoms with Crippen molar-refractivity contribution in [3.8, 4) is 0 Å². The minimum atomic E-state index is 0.0273. The van der Waals surface area contributed by atoms with Crippen molar-refractivity contribution in [1.82, 2.24) is 5.32 Å². The number of rotatable bonds is 2. The molecule has 1 N–H and O–H groups in total. The van der Waals surface area contributed by atoms with E-state index in [-0.39, 0.29) is 11.9 Å². The van der Waals surface area contributed by atoms with Crippen LogP contribution < -0.4 is 5.32 Å². The number of carbonyl (C=O) groups is 1. The summed E-state index contributed by atoms with van der Waals surface area (Å²) in [6, 6.07) is 1.04. The summed E-state index contributed by atoms with van der Waals surface area (Å²) in [6.07, 6.45) is 8.87. The second kappa shape index (κ2) is 5.88. The molecule has 0 spiro atoms. The molecule has 3 nitrogen and oxygen atoms in total. The molecule has 2 bridgehead atoms. The highest BCUT2D eigenvalue weighted by molar-refractivity contribution is 14.1. The molecule has 2 heterocycles. The Bertz CT molecular complexity index is 341. The summed E-state index contributed by atoms with van der Waals surface area (Å²) < 4.78 is 5.95. The summed E-state index contributed by atoms with van der Waals surface area (Å²) in [6.45, 7) is 0. The molecule has 3 aliphatic rings. The molecule has 4 atom stereocenters. The number of alkyl halides is 1. The van der Waals surface area contributed by atoms with Crippen LogP contribution in [-0.2, 0) is 9.53 Å². The molecule has 108 valence electrons. The molecule has 0 aromatic carbocycles. The van der Waals surface area contributed by atoms with E-state index in [0.29, 0.717) is 18.0 Å². The maximum Gasteiger partial charge on any atom is 0.310 e. The number of piperidine rings is 1. The molecule has 2 saturated heterocycles. The summed E-state index contributed by atoms with van der Waals surface area (Å²) in [7, 11) is 1.54. The molecular formula is C15H24INO2. The van der Waals surface area contributed by atoms with Crippen LogP contribution in [0.5, 0.6) is 0 Å². The van der Waals surface area contributed by atoms with Crippen LogP contribution in [0.25, 0.3) is 0 Å². The normalized spacial score (nSPS) is 46.0. The Labute approximate surface area is 129 Å². The molecule has 2 aliphatic heterocycles. The molecule has 1 saturated carbocycles. The Morgan fingerprint density at radius 2 is 1.89 bits per heavy atom. The van der Waals surface area contributed by atoms with Gasteiger partial charge in [-0.1, -0.05) is 22.6 Å². The zero-order valence-corrected chi connectivity index (χ0v) is 13.8. The Morgan fingerprint density at radius 1 is 1.16 bits per heavy atom. The van der Waals surface area contributed by atoms with Gasteiger partial charge < -0.3 is 10.1 Å². The molecular weight excluding hydrogens is 353 g/mol. The van der Waals surface area contributed by atoms with E-state index >= 15 is 0 Å². The SMILES string of the molecule is COC(=O)[C@@H]1C2CCC(C[C@@H]1C1CCC(I)CC1)N2. The van der Waals surface area contributed by atoms with Gasteiger partial charge >= 0.3 is 5.97 Å². The predicted octanol–water partition coefficient (Wildman–Crippen LogP) is 2.91. The quantitative estimate of drug-likeness (QED) is 0.457. The number of hydrogen-bond acceptors (Lipinski definition) is 3. The van der Waals surface area contributed by atoms with Crippen molar-refractivity contribution in [3.63, 3.8) is 0 Å². The number of ether oxygens (including phenoxy) is 1. The van der Waals surface area contributed by atoms with Gasteiger partial charge in [-0.3, -0.25) is 4.79 Å². The molecule has 3 fully saturated rings. The van der Waals surface area contributed by atoms with E-state index in [2.05, 4.69) is 27.9 Å². The van der Waals surface area contributed by atoms with Crippen LogP contribution in [0.1, 0.15) is 44.9 Å². The summed E-state index contributed by atoms with van der Waals surface area (Å²) in [4.78, 5) is 12.2. The molecule has 1 aliphatic carbocycles. The number of halogens is 1. The van der Waals surface area contributed by atoms with Gasteiger partial charge in [-0.05, 0) is 56.8 Å². The summed E-state index contributed by atoms with van der Waals surface area (Å²) in [5.41, 5.74) is 0. The van der Waals surface area contributed by atoms with Gasteiger partial charge in [-0.25, -0.2) is 0 Å². The molecule has 0 aromatic rings. The molecule has 19 heavy (non-hydrogen) atoms. The van der Waals surface area contributed by atoms with Gasteiger partial charge in [0.05, 0.1) is 13.0 Å². The number of fused-ring (bicyclic) bond motifs is 2. The lowest BCUT2D eigenvalue weighted by Crippen LogP contribution is -2.51. The van der Waals surface area contributed by atoms with E-state index in [4.69, 9.17) is 4.74 Å². The summed E-state index contributed by atoms with van der Waals surface area (Å²) >= 11 is 2.58. The van der Waals surface area contributed by atoms with Gasteiger partial charge in [0.1, 0.15) is 0 Å². The highest BCUT2D eigenvalue weighted by atomic mass is 127. The summed E-state index contributed by atoms with van der Waals surface area (Å²) in [5, 5.41) is 3.63. The third-order valence-corrected chi connectivity index (χ3v) is 6.75. The van der Waals surface area contributed by atoms with E-state index in [0.717, 1.165) is 16.3 Å². The van der Waals surface area contributed by atoms with Crippen molar-refractivity contribution in [2.24, 2.45) is 17.8 Å². The first kappa shape index (κ1) is 14.1. The molecule has 2 unspecified atom stereocenters. The number of carbonyl (C=O) groups excluding carboxylic acids is 1. The minimum absolute atomic E-state index is 0.0273. The van der Waals surface area contributed by atoms with Crippen molar-refractivity contribution in [2.45, 2.75) is 61.0 Å². The van der Waals surface area contributed by atoms with Gasteiger partial charge in [0, 0.05) is 16.0 Å². The molecule has 0 radical (unpaired) electrons. The van der Waals surface area contributed by atoms with Crippen LogP contribution in [0.15, 0.2) is 0 Å². The molecule has 0 aromatic heterocycles. The number of methoxy groups -OCH3 is 1. The van der Waals surface area contributed by atoms with Gasteiger partial charge in [0.15, 0.2) is 0 Å². The van der Waals surface area contributed by atoms with E-state index in [9.17, 15) is 4.79 Å². The van der Waals surface area contributed by atoms with Crippen molar-refractivity contribution in [3.05, 3.63) is 0 Å². The molecule has 4 heteroatoms. The van der Waals surface area contributed by atoms with Crippen LogP contribution in [0, 0.1) is 17.8 Å². The van der Waals surface area contributed by atoms with Crippen molar-refractivity contribution < 1.29 is 9.53 Å². The lowest BCUT2D eigenvalue weighted by molar-refractivity contribution is -0.151. The Morgan fingerprint density at radius 3 is 2.58 bits per heavy atom.